The number of nitrogens with zero attached hydrogens (tertiary/aromatic N) is 4. The fourth-order valence-corrected chi connectivity index (χ4v) is 9.61. The molecular weight excluding hydrogens is 1010 g/mol. The van der Waals surface area contributed by atoms with E-state index in [1.165, 1.54) is 93.7 Å². The van der Waals surface area contributed by atoms with Crippen LogP contribution in [-0.2, 0) is 22.7 Å². The van der Waals surface area contributed by atoms with Crippen LogP contribution in [0.25, 0.3) is 33.7 Å². The molecule has 9 heteroatoms. The lowest BCUT2D eigenvalue weighted by Crippen LogP contribution is -1.97. The highest BCUT2D eigenvalue weighted by Crippen LogP contribution is 2.37. The molecule has 0 amide bonds. The molecule has 0 atom stereocenters. The summed E-state index contributed by atoms with van der Waals surface area (Å²) in [5.74, 6) is 1.84. The summed E-state index contributed by atoms with van der Waals surface area (Å²) >= 11 is 0. The van der Waals surface area contributed by atoms with Crippen LogP contribution < -0.4 is 14.8 Å². The molecule has 8 aromatic rings. The third-order valence-corrected chi connectivity index (χ3v) is 14.4. The molecule has 0 radical (unpaired) electrons. The first-order valence-electron chi connectivity index (χ1n) is 30.1. The molecule has 0 aliphatic carbocycles. The quantitative estimate of drug-likeness (QED) is 0.0312. The average molecular weight is 1100 g/mol. The van der Waals surface area contributed by atoms with Crippen molar-refractivity contribution in [1.82, 2.24) is 0 Å². The van der Waals surface area contributed by atoms with Crippen molar-refractivity contribution in [1.29, 1.82) is 0 Å². The molecule has 0 aliphatic heterocycles. The Morgan fingerprint density at radius 2 is 0.744 bits per heavy atom. The molecule has 1 N–H and O–H groups in total. The van der Waals surface area contributed by atoms with Crippen molar-refractivity contribution in [2.45, 2.75) is 130 Å². The van der Waals surface area contributed by atoms with Crippen LogP contribution in [-0.4, -0.2) is 33.0 Å². The Kier molecular flexibility index (Phi) is 27.6. The first kappa shape index (κ1) is 61.9. The molecular formula is C73H87N5O4. The predicted molar refractivity (Wildman–Crippen MR) is 345 cm³/mol. The fraction of sp³-hybridized carbons (Fsp3) is 0.342. The topological polar surface area (TPSA) is 98.4 Å². The third-order valence-electron chi connectivity index (χ3n) is 14.4. The number of anilines is 1. The number of unbranched alkanes of at least 4 members (excludes halogenated alkanes) is 14. The number of rotatable bonds is 36. The van der Waals surface area contributed by atoms with Gasteiger partial charge in [0, 0.05) is 47.0 Å². The van der Waals surface area contributed by atoms with Gasteiger partial charge in [0.15, 0.2) is 0 Å². The Morgan fingerprint density at radius 1 is 0.378 bits per heavy atom. The van der Waals surface area contributed by atoms with Crippen molar-refractivity contribution in [3.05, 3.63) is 211 Å². The molecule has 0 aromatic heterocycles. The summed E-state index contributed by atoms with van der Waals surface area (Å²) < 4.78 is 23.4. The molecule has 8 rings (SSSR count). The monoisotopic (exact) mass is 1100 g/mol. The van der Waals surface area contributed by atoms with Gasteiger partial charge in [-0.3, -0.25) is 0 Å². The van der Waals surface area contributed by atoms with Gasteiger partial charge >= 0.3 is 0 Å². The molecule has 8 aromatic carbocycles. The van der Waals surface area contributed by atoms with E-state index in [0.717, 1.165) is 131 Å². The number of ether oxygens (including phenoxy) is 4. The van der Waals surface area contributed by atoms with Crippen molar-refractivity contribution >= 4 is 62.1 Å². The molecule has 82 heavy (non-hydrogen) atoms. The number of hydrogen-bond donors (Lipinski definition) is 1. The molecule has 0 heterocycles. The first-order valence-corrected chi connectivity index (χ1v) is 30.1. The summed E-state index contributed by atoms with van der Waals surface area (Å²) in [7, 11) is 0. The van der Waals surface area contributed by atoms with Gasteiger partial charge in [-0.2, -0.15) is 5.11 Å². The molecule has 428 valence electrons. The van der Waals surface area contributed by atoms with Crippen molar-refractivity contribution in [2.24, 2.45) is 20.5 Å². The maximum absolute atomic E-state index is 6.00. The summed E-state index contributed by atoms with van der Waals surface area (Å²) in [4.78, 5) is 0. The van der Waals surface area contributed by atoms with Gasteiger partial charge in [0.2, 0.25) is 0 Å². The Hall–Kier alpha value is -7.72. The van der Waals surface area contributed by atoms with Crippen molar-refractivity contribution in [3.63, 3.8) is 0 Å². The average Bonchev–Trinajstić information content (AvgIpc) is 3.72. The lowest BCUT2D eigenvalue weighted by molar-refractivity contribution is 0.116. The fourth-order valence-electron chi connectivity index (χ4n) is 9.61. The second-order valence-corrected chi connectivity index (χ2v) is 20.9. The predicted octanol–water partition coefficient (Wildman–Crippen LogP) is 22.0. The summed E-state index contributed by atoms with van der Waals surface area (Å²) in [6.07, 6.45) is 23.6. The highest BCUT2D eigenvalue weighted by Gasteiger charge is 2.09. The van der Waals surface area contributed by atoms with Gasteiger partial charge in [-0.15, -0.1) is 15.3 Å². The van der Waals surface area contributed by atoms with Crippen LogP contribution in [0.2, 0.25) is 0 Å². The zero-order chi connectivity index (χ0) is 57.1. The summed E-state index contributed by atoms with van der Waals surface area (Å²) in [6.45, 7) is 17.3. The summed E-state index contributed by atoms with van der Waals surface area (Å²) in [5, 5.41) is 26.1. The molecule has 9 nitrogen and oxygen atoms in total. The number of aryl methyl sites for hydroxylation is 1. The zero-order valence-electron chi connectivity index (χ0n) is 48.9. The molecule has 0 saturated heterocycles. The number of benzene rings is 8. The van der Waals surface area contributed by atoms with Gasteiger partial charge in [-0.1, -0.05) is 217 Å². The molecule has 0 fully saturated rings. The first-order chi connectivity index (χ1) is 40.5. The third kappa shape index (κ3) is 22.0. The van der Waals surface area contributed by atoms with Gasteiger partial charge in [0.1, 0.15) is 11.5 Å². The van der Waals surface area contributed by atoms with Crippen LogP contribution in [0, 0.1) is 6.92 Å². The maximum atomic E-state index is 6.00. The number of hydrogen-bond acceptors (Lipinski definition) is 9. The van der Waals surface area contributed by atoms with Crippen LogP contribution >= 0.6 is 0 Å². The van der Waals surface area contributed by atoms with E-state index in [9.17, 15) is 0 Å². The SMILES string of the molecule is C=Cc1ccc(COCCCCCCCCCCOc2ccc(C)cc2)cc1.C=Cc1ccc(COCCCCCCCCCCOc2ccc(N=Nc3ccc(N=Nc4ccc(NCC)c5ccccc45)c4ccccc34)cc2)cc1. The molecule has 0 unspecified atom stereocenters. The van der Waals surface area contributed by atoms with Gasteiger partial charge in [-0.25, -0.2) is 0 Å². The van der Waals surface area contributed by atoms with E-state index in [4.69, 9.17) is 18.9 Å². The Balaban J connectivity index is 0.000000291. The molecule has 0 aliphatic rings. The van der Waals surface area contributed by atoms with Crippen molar-refractivity contribution < 1.29 is 18.9 Å². The minimum atomic E-state index is 0.685. The van der Waals surface area contributed by atoms with Crippen LogP contribution in [0.15, 0.2) is 203 Å². The standard InChI is InChI=1S/C47H51N5O2.C26H36O2/c1-3-36-21-23-37(24-22-36)35-53-33-15-9-7-5-6-8-10-16-34-54-39-27-25-38(26-28-39)49-50-45-31-32-47(43-20-14-13-19-42(43)45)52-51-46-30-29-44(48-4-2)40-17-11-12-18-41(40)46;1-3-24-14-16-25(17-15-24)22-27-20-10-8-6-4-5-7-9-11-21-28-26-18-12-23(2)13-19-26/h3,11-14,17-32,48H,1,4-10,15-16,33-35H2,2H3;3,12-19H,1,4-11,20-22H2,2H3. The van der Waals surface area contributed by atoms with Gasteiger partial charge in [-0.05, 0) is 122 Å². The Bertz CT molecular complexity index is 3150. The van der Waals surface area contributed by atoms with Crippen molar-refractivity contribution in [3.8, 4) is 11.5 Å². The summed E-state index contributed by atoms with van der Waals surface area (Å²) in [5.41, 5.74) is 10.3. The lowest BCUT2D eigenvalue weighted by Gasteiger charge is -2.09. The summed E-state index contributed by atoms with van der Waals surface area (Å²) in [6, 6.07) is 57.3. The van der Waals surface area contributed by atoms with E-state index in [2.05, 4.69) is 144 Å². The second-order valence-electron chi connectivity index (χ2n) is 20.9. The van der Waals surface area contributed by atoms with E-state index < -0.39 is 0 Å². The normalized spacial score (nSPS) is 11.3. The lowest BCUT2D eigenvalue weighted by atomic mass is 10.1. The molecule has 0 bridgehead atoms. The number of fused-ring (bicyclic) bond motifs is 2. The van der Waals surface area contributed by atoms with Crippen LogP contribution in [0.1, 0.15) is 137 Å². The van der Waals surface area contributed by atoms with Gasteiger partial charge in [0.05, 0.1) is 49.2 Å². The molecule has 0 saturated carbocycles. The van der Waals surface area contributed by atoms with Crippen molar-refractivity contribution in [2.75, 3.05) is 38.3 Å². The van der Waals surface area contributed by atoms with E-state index in [0.29, 0.717) is 13.2 Å². The zero-order valence-corrected chi connectivity index (χ0v) is 48.9. The number of nitrogens with one attached hydrogen (secondary N) is 1. The highest BCUT2D eigenvalue weighted by molar-refractivity contribution is 6.01. The maximum Gasteiger partial charge on any atom is 0.119 e. The Labute approximate surface area is 489 Å². The molecule has 0 spiro atoms. The highest BCUT2D eigenvalue weighted by atomic mass is 16.5. The Morgan fingerprint density at radius 3 is 1.17 bits per heavy atom. The number of azo groups is 2. The largest absolute Gasteiger partial charge is 0.494 e. The van der Waals surface area contributed by atoms with Crippen LogP contribution in [0.5, 0.6) is 11.5 Å². The van der Waals surface area contributed by atoms with Crippen LogP contribution in [0.3, 0.4) is 0 Å². The second kappa shape index (κ2) is 36.6. The minimum Gasteiger partial charge on any atom is -0.494 e. The van der Waals surface area contributed by atoms with E-state index >= 15 is 0 Å². The smallest absolute Gasteiger partial charge is 0.119 e. The van der Waals surface area contributed by atoms with E-state index in [1.54, 1.807) is 0 Å². The van der Waals surface area contributed by atoms with Gasteiger partial charge in [0.25, 0.3) is 0 Å². The van der Waals surface area contributed by atoms with E-state index in [-0.39, 0.29) is 0 Å². The minimum absolute atomic E-state index is 0.685. The van der Waals surface area contributed by atoms with E-state index in [1.807, 2.05) is 91.0 Å². The van der Waals surface area contributed by atoms with Crippen LogP contribution in [0.4, 0.5) is 28.4 Å². The van der Waals surface area contributed by atoms with Gasteiger partial charge < -0.3 is 24.3 Å².